The van der Waals surface area contributed by atoms with Crippen molar-refractivity contribution >= 4 is 35.1 Å². The predicted molar refractivity (Wildman–Crippen MR) is 100.0 cm³/mol. The van der Waals surface area contributed by atoms with Crippen molar-refractivity contribution in [2.75, 3.05) is 25.1 Å². The molecule has 2 aliphatic heterocycles. The molecule has 3 unspecified atom stereocenters. The summed E-state index contributed by atoms with van der Waals surface area (Å²) >= 11 is 6.06. The third kappa shape index (κ3) is 3.88. The highest BCUT2D eigenvalue weighted by Crippen LogP contribution is 2.36. The number of aliphatic carboxylic acids is 1. The Morgan fingerprint density at radius 3 is 2.63 bits per heavy atom. The molecule has 0 aliphatic carbocycles. The number of nitrogens with zero attached hydrogens (tertiary/aromatic N) is 2. The van der Waals surface area contributed by atoms with Crippen molar-refractivity contribution in [1.29, 1.82) is 0 Å². The first-order chi connectivity index (χ1) is 12.8. The minimum absolute atomic E-state index is 0.0297. The van der Waals surface area contributed by atoms with Crippen molar-refractivity contribution in [3.63, 3.8) is 0 Å². The van der Waals surface area contributed by atoms with Gasteiger partial charge in [0.1, 0.15) is 5.75 Å². The van der Waals surface area contributed by atoms with E-state index in [0.29, 0.717) is 29.3 Å². The first-order valence-corrected chi connectivity index (χ1v) is 9.36. The van der Waals surface area contributed by atoms with Gasteiger partial charge in [-0.25, -0.2) is 0 Å². The van der Waals surface area contributed by atoms with E-state index < -0.39 is 17.8 Å². The monoisotopic (exact) mass is 394 g/mol. The van der Waals surface area contributed by atoms with Gasteiger partial charge in [0, 0.05) is 30.6 Å². The Labute approximate surface area is 162 Å². The fourth-order valence-electron chi connectivity index (χ4n) is 3.83. The molecular formula is C19H23ClN2O5. The van der Waals surface area contributed by atoms with Crippen LogP contribution in [0.3, 0.4) is 0 Å². The second-order valence-corrected chi connectivity index (χ2v) is 7.61. The van der Waals surface area contributed by atoms with Crippen LogP contribution in [0.15, 0.2) is 18.2 Å². The Hall–Kier alpha value is -2.28. The predicted octanol–water partition coefficient (Wildman–Crippen LogP) is 2.41. The third-order valence-electron chi connectivity index (χ3n) is 5.42. The molecule has 1 aromatic rings. The van der Waals surface area contributed by atoms with E-state index in [2.05, 4.69) is 0 Å². The van der Waals surface area contributed by atoms with Crippen molar-refractivity contribution < 1.29 is 24.2 Å². The molecule has 0 aromatic heterocycles. The number of likely N-dealkylation sites (tertiary alicyclic amines) is 1. The fraction of sp³-hybridized carbons (Fsp3) is 0.526. The lowest BCUT2D eigenvalue weighted by Gasteiger charge is -2.37. The molecule has 3 rings (SSSR count). The molecule has 0 radical (unpaired) electrons. The summed E-state index contributed by atoms with van der Waals surface area (Å²) in [5.74, 6) is -1.76. The van der Waals surface area contributed by atoms with Crippen LogP contribution in [0.1, 0.15) is 26.2 Å². The van der Waals surface area contributed by atoms with Gasteiger partial charge in [0.2, 0.25) is 11.8 Å². The molecule has 2 fully saturated rings. The van der Waals surface area contributed by atoms with E-state index in [0.717, 1.165) is 0 Å². The van der Waals surface area contributed by atoms with Gasteiger partial charge in [-0.2, -0.15) is 0 Å². The molecule has 2 heterocycles. The maximum atomic E-state index is 13.0. The number of hydrogen-bond acceptors (Lipinski definition) is 4. The Bertz CT molecular complexity index is 768. The van der Waals surface area contributed by atoms with Crippen LogP contribution < -0.4 is 9.64 Å². The van der Waals surface area contributed by atoms with Gasteiger partial charge in [0.05, 0.1) is 24.6 Å². The Balaban J connectivity index is 1.78. The topological polar surface area (TPSA) is 87.2 Å². The number of anilines is 1. The first kappa shape index (κ1) is 19.5. The largest absolute Gasteiger partial charge is 0.495 e. The summed E-state index contributed by atoms with van der Waals surface area (Å²) in [7, 11) is 1.51. The quantitative estimate of drug-likeness (QED) is 0.847. The SMILES string of the molecule is COc1ccc(Cl)cc1N1CC(C(=O)N2CC(C(=O)O)CCC2C)CC1=O. The van der Waals surface area contributed by atoms with Gasteiger partial charge >= 0.3 is 5.97 Å². The van der Waals surface area contributed by atoms with Gasteiger partial charge < -0.3 is 19.6 Å². The summed E-state index contributed by atoms with van der Waals surface area (Å²) in [5.41, 5.74) is 0.542. The van der Waals surface area contributed by atoms with Crippen LogP contribution in [0.25, 0.3) is 0 Å². The normalized spacial score (nSPS) is 25.6. The van der Waals surface area contributed by atoms with E-state index in [-0.39, 0.29) is 37.4 Å². The molecule has 2 saturated heterocycles. The summed E-state index contributed by atoms with van der Waals surface area (Å²) in [5, 5.41) is 9.75. The highest BCUT2D eigenvalue weighted by Gasteiger charge is 2.41. The lowest BCUT2D eigenvalue weighted by Crippen LogP contribution is -2.49. The number of piperidine rings is 1. The van der Waals surface area contributed by atoms with Gasteiger partial charge in [-0.3, -0.25) is 14.4 Å². The van der Waals surface area contributed by atoms with Gasteiger partial charge in [0.15, 0.2) is 0 Å². The Morgan fingerprint density at radius 1 is 1.22 bits per heavy atom. The molecule has 1 aromatic carbocycles. The lowest BCUT2D eigenvalue weighted by molar-refractivity contribution is -0.148. The van der Waals surface area contributed by atoms with Crippen molar-refractivity contribution in [3.8, 4) is 5.75 Å². The van der Waals surface area contributed by atoms with E-state index >= 15 is 0 Å². The van der Waals surface area contributed by atoms with E-state index in [1.807, 2.05) is 6.92 Å². The van der Waals surface area contributed by atoms with Crippen molar-refractivity contribution in [3.05, 3.63) is 23.2 Å². The smallest absolute Gasteiger partial charge is 0.308 e. The first-order valence-electron chi connectivity index (χ1n) is 8.99. The average molecular weight is 395 g/mol. The highest BCUT2D eigenvalue weighted by atomic mass is 35.5. The number of benzene rings is 1. The molecule has 3 atom stereocenters. The second kappa shape index (κ2) is 7.76. The number of carbonyl (C=O) groups is 3. The molecule has 0 bridgehead atoms. The molecule has 27 heavy (non-hydrogen) atoms. The number of rotatable bonds is 4. The van der Waals surface area contributed by atoms with Crippen LogP contribution in [-0.2, 0) is 14.4 Å². The second-order valence-electron chi connectivity index (χ2n) is 7.17. The van der Waals surface area contributed by atoms with Crippen LogP contribution in [0, 0.1) is 11.8 Å². The van der Waals surface area contributed by atoms with E-state index in [9.17, 15) is 19.5 Å². The van der Waals surface area contributed by atoms with Gasteiger partial charge in [0.25, 0.3) is 0 Å². The number of methoxy groups -OCH3 is 1. The van der Waals surface area contributed by atoms with Gasteiger partial charge in [-0.05, 0) is 38.0 Å². The zero-order valence-corrected chi connectivity index (χ0v) is 16.1. The minimum Gasteiger partial charge on any atom is -0.495 e. The summed E-state index contributed by atoms with van der Waals surface area (Å²) in [6, 6.07) is 4.98. The molecule has 0 saturated carbocycles. The molecule has 2 aliphatic rings. The summed E-state index contributed by atoms with van der Waals surface area (Å²) < 4.78 is 5.32. The number of ether oxygens (including phenoxy) is 1. The van der Waals surface area contributed by atoms with Gasteiger partial charge in [-0.1, -0.05) is 11.6 Å². The van der Waals surface area contributed by atoms with Crippen LogP contribution in [0.5, 0.6) is 5.75 Å². The molecular weight excluding hydrogens is 372 g/mol. The lowest BCUT2D eigenvalue weighted by atomic mass is 9.92. The Morgan fingerprint density at radius 2 is 1.96 bits per heavy atom. The molecule has 1 N–H and O–H groups in total. The standard InChI is InChI=1S/C19H23ClN2O5/c1-11-3-4-12(19(25)26)9-21(11)18(24)13-7-17(23)22(10-13)15-8-14(20)5-6-16(15)27-2/h5-6,8,11-13H,3-4,7,9-10H2,1-2H3,(H,25,26). The average Bonchev–Trinajstić information content (AvgIpc) is 3.03. The zero-order chi connectivity index (χ0) is 19.7. The van der Waals surface area contributed by atoms with E-state index in [4.69, 9.17) is 16.3 Å². The van der Waals surface area contributed by atoms with E-state index in [1.165, 1.54) is 12.0 Å². The minimum atomic E-state index is -0.882. The maximum Gasteiger partial charge on any atom is 0.308 e. The number of carbonyl (C=O) groups excluding carboxylic acids is 2. The number of amides is 2. The summed E-state index contributed by atoms with van der Waals surface area (Å²) in [4.78, 5) is 40.1. The molecule has 8 heteroatoms. The number of hydrogen-bond donors (Lipinski definition) is 1. The fourth-order valence-corrected chi connectivity index (χ4v) is 4.00. The summed E-state index contributed by atoms with van der Waals surface area (Å²) in [6.45, 7) is 2.35. The number of carboxylic acid groups (broad SMARTS) is 1. The van der Waals surface area contributed by atoms with Crippen molar-refractivity contribution in [2.45, 2.75) is 32.2 Å². The van der Waals surface area contributed by atoms with Crippen LogP contribution in [-0.4, -0.2) is 54.0 Å². The van der Waals surface area contributed by atoms with Crippen molar-refractivity contribution in [1.82, 2.24) is 4.90 Å². The molecule has 146 valence electrons. The van der Waals surface area contributed by atoms with Crippen LogP contribution in [0.2, 0.25) is 5.02 Å². The third-order valence-corrected chi connectivity index (χ3v) is 5.66. The Kier molecular flexibility index (Phi) is 5.60. The highest BCUT2D eigenvalue weighted by molar-refractivity contribution is 6.31. The van der Waals surface area contributed by atoms with Gasteiger partial charge in [-0.15, -0.1) is 0 Å². The number of halogens is 1. The van der Waals surface area contributed by atoms with Crippen LogP contribution in [0.4, 0.5) is 5.69 Å². The molecule has 2 amide bonds. The van der Waals surface area contributed by atoms with E-state index in [1.54, 1.807) is 23.1 Å². The molecule has 0 spiro atoms. The number of carboxylic acids is 1. The van der Waals surface area contributed by atoms with Crippen molar-refractivity contribution in [2.24, 2.45) is 11.8 Å². The maximum absolute atomic E-state index is 13.0. The zero-order valence-electron chi connectivity index (χ0n) is 15.4. The summed E-state index contributed by atoms with van der Waals surface area (Å²) in [6.07, 6.45) is 1.31. The van der Waals surface area contributed by atoms with Crippen LogP contribution >= 0.6 is 11.6 Å². The molecule has 7 nitrogen and oxygen atoms in total.